The summed E-state index contributed by atoms with van der Waals surface area (Å²) >= 11 is 6.72. The summed E-state index contributed by atoms with van der Waals surface area (Å²) in [5.74, 6) is -0.698. The van der Waals surface area contributed by atoms with Crippen LogP contribution in [0.5, 0.6) is 0 Å². The molecule has 1 unspecified atom stereocenters. The molecule has 7 rings (SSSR count). The Balaban J connectivity index is 1.31. The summed E-state index contributed by atoms with van der Waals surface area (Å²) < 4.78 is 29.0. The number of nitrogens with one attached hydrogen (secondary N) is 2. The predicted octanol–water partition coefficient (Wildman–Crippen LogP) is 5.46. The van der Waals surface area contributed by atoms with Gasteiger partial charge in [-0.3, -0.25) is 9.59 Å². The van der Waals surface area contributed by atoms with Gasteiger partial charge < -0.3 is 15.1 Å². The SMILES string of the molecule is CCCN1CCNCC2Cc3ccccc3CN2C(=O)c2cc(C(=O)NS(=O)(=O)c3ccc4ccccc4c3)ccc2-c2nc1ncc2Cl. The fourth-order valence-electron chi connectivity index (χ4n) is 6.57. The number of fused-ring (bicyclic) bond motifs is 7. The van der Waals surface area contributed by atoms with E-state index in [1.54, 1.807) is 18.2 Å². The van der Waals surface area contributed by atoms with Crippen LogP contribution in [0.25, 0.3) is 22.0 Å². The number of rotatable bonds is 5. The van der Waals surface area contributed by atoms with Gasteiger partial charge in [-0.15, -0.1) is 0 Å². The van der Waals surface area contributed by atoms with Gasteiger partial charge in [-0.05, 0) is 59.0 Å². The number of anilines is 1. The summed E-state index contributed by atoms with van der Waals surface area (Å²) in [6.07, 6.45) is 3.06. The van der Waals surface area contributed by atoms with Crippen LogP contribution in [0.1, 0.15) is 45.2 Å². The average molecular weight is 695 g/mol. The lowest BCUT2D eigenvalue weighted by Gasteiger charge is -2.37. The van der Waals surface area contributed by atoms with Gasteiger partial charge in [-0.2, -0.15) is 0 Å². The summed E-state index contributed by atoms with van der Waals surface area (Å²) in [7, 11) is -4.24. The zero-order chi connectivity index (χ0) is 34.1. The normalized spacial score (nSPS) is 16.4. The second-order valence-corrected chi connectivity index (χ2v) is 14.4. The second kappa shape index (κ2) is 13.6. The van der Waals surface area contributed by atoms with Gasteiger partial charge in [0.15, 0.2) is 0 Å². The molecule has 12 heteroatoms. The largest absolute Gasteiger partial charge is 0.340 e. The van der Waals surface area contributed by atoms with Crippen LogP contribution in [0, 0.1) is 0 Å². The van der Waals surface area contributed by atoms with Crippen molar-refractivity contribution in [2.75, 3.05) is 31.1 Å². The fourth-order valence-corrected chi connectivity index (χ4v) is 7.77. The molecule has 0 fully saturated rings. The number of carbonyl (C=O) groups excluding carboxylic acids is 2. The van der Waals surface area contributed by atoms with E-state index in [9.17, 15) is 18.0 Å². The van der Waals surface area contributed by atoms with E-state index in [0.717, 1.165) is 29.3 Å². The van der Waals surface area contributed by atoms with E-state index in [0.29, 0.717) is 49.8 Å². The average Bonchev–Trinajstić information content (AvgIpc) is 3.12. The molecule has 2 amide bonds. The van der Waals surface area contributed by atoms with Crippen molar-refractivity contribution >= 4 is 50.2 Å². The van der Waals surface area contributed by atoms with Crippen molar-refractivity contribution in [1.29, 1.82) is 0 Å². The molecule has 2 aliphatic rings. The zero-order valence-corrected chi connectivity index (χ0v) is 28.5. The molecule has 1 aromatic heterocycles. The molecule has 10 nitrogen and oxygen atoms in total. The lowest BCUT2D eigenvalue weighted by molar-refractivity contribution is 0.0639. The Morgan fingerprint density at radius 1 is 0.980 bits per heavy atom. The van der Waals surface area contributed by atoms with Gasteiger partial charge in [0.1, 0.15) is 0 Å². The summed E-state index contributed by atoms with van der Waals surface area (Å²) in [4.78, 5) is 41.6. The smallest absolute Gasteiger partial charge is 0.265 e. The summed E-state index contributed by atoms with van der Waals surface area (Å²) in [5.41, 5.74) is 3.20. The quantitative estimate of drug-likeness (QED) is 0.249. The summed E-state index contributed by atoms with van der Waals surface area (Å²) in [5, 5.41) is 5.39. The number of sulfonamides is 1. The maximum Gasteiger partial charge on any atom is 0.265 e. The third kappa shape index (κ3) is 6.61. The highest BCUT2D eigenvalue weighted by atomic mass is 35.5. The fraction of sp³-hybridized carbons (Fsp3) is 0.243. The first-order chi connectivity index (χ1) is 23.7. The maximum absolute atomic E-state index is 14.7. The van der Waals surface area contributed by atoms with Gasteiger partial charge in [0.25, 0.3) is 21.8 Å². The Bertz CT molecular complexity index is 2190. The minimum Gasteiger partial charge on any atom is -0.340 e. The zero-order valence-electron chi connectivity index (χ0n) is 26.9. The highest BCUT2D eigenvalue weighted by Gasteiger charge is 2.33. The highest BCUT2D eigenvalue weighted by Crippen LogP contribution is 2.34. The summed E-state index contributed by atoms with van der Waals surface area (Å²) in [6.45, 7) is 5.05. The van der Waals surface area contributed by atoms with E-state index < -0.39 is 15.9 Å². The first-order valence-electron chi connectivity index (χ1n) is 16.3. The van der Waals surface area contributed by atoms with Crippen LogP contribution in [0.15, 0.2) is 96.0 Å². The molecule has 0 spiro atoms. The molecule has 5 aromatic rings. The number of benzene rings is 4. The molecule has 0 saturated heterocycles. The minimum absolute atomic E-state index is 0.00544. The molecule has 0 saturated carbocycles. The molecule has 250 valence electrons. The molecule has 0 aliphatic carbocycles. The Morgan fingerprint density at radius 2 is 1.76 bits per heavy atom. The molecule has 49 heavy (non-hydrogen) atoms. The molecule has 1 atom stereocenters. The van der Waals surface area contributed by atoms with E-state index >= 15 is 0 Å². The Kier molecular flexibility index (Phi) is 9.06. The van der Waals surface area contributed by atoms with E-state index in [2.05, 4.69) is 32.9 Å². The van der Waals surface area contributed by atoms with Gasteiger partial charge in [0.2, 0.25) is 5.95 Å². The van der Waals surface area contributed by atoms with E-state index in [-0.39, 0.29) is 33.0 Å². The molecule has 2 N–H and O–H groups in total. The number of nitrogens with zero attached hydrogens (tertiary/aromatic N) is 4. The number of carbonyl (C=O) groups is 2. The van der Waals surface area contributed by atoms with Crippen molar-refractivity contribution in [1.82, 2.24) is 24.9 Å². The first-order valence-corrected chi connectivity index (χ1v) is 18.1. The van der Waals surface area contributed by atoms with Gasteiger partial charge in [-0.25, -0.2) is 23.1 Å². The molecule has 2 aliphatic heterocycles. The van der Waals surface area contributed by atoms with Crippen LogP contribution in [0.2, 0.25) is 5.02 Å². The monoisotopic (exact) mass is 694 g/mol. The lowest BCUT2D eigenvalue weighted by Crippen LogP contribution is -2.50. The molecular weight excluding hydrogens is 660 g/mol. The first kappa shape index (κ1) is 32.7. The van der Waals surface area contributed by atoms with Crippen molar-refractivity contribution in [3.05, 3.63) is 118 Å². The highest BCUT2D eigenvalue weighted by molar-refractivity contribution is 7.90. The van der Waals surface area contributed by atoms with E-state index in [1.165, 1.54) is 36.0 Å². The Morgan fingerprint density at radius 3 is 2.57 bits per heavy atom. The van der Waals surface area contributed by atoms with Crippen LogP contribution in [0.3, 0.4) is 0 Å². The van der Waals surface area contributed by atoms with E-state index in [1.807, 2.05) is 41.3 Å². The predicted molar refractivity (Wildman–Crippen MR) is 190 cm³/mol. The Hall–Kier alpha value is -4.84. The summed E-state index contributed by atoms with van der Waals surface area (Å²) in [6, 6.07) is 24.5. The van der Waals surface area contributed by atoms with Gasteiger partial charge >= 0.3 is 0 Å². The van der Waals surface area contributed by atoms with Crippen molar-refractivity contribution < 1.29 is 18.0 Å². The van der Waals surface area contributed by atoms with Crippen LogP contribution in [-0.4, -0.2) is 67.3 Å². The number of hydrogen-bond donors (Lipinski definition) is 2. The third-order valence-corrected chi connectivity index (χ3v) is 10.7. The maximum atomic E-state index is 14.7. The lowest BCUT2D eigenvalue weighted by atomic mass is 9.92. The van der Waals surface area contributed by atoms with Gasteiger partial charge in [-0.1, -0.05) is 79.2 Å². The van der Waals surface area contributed by atoms with Crippen LogP contribution >= 0.6 is 11.6 Å². The number of hydrogen-bond acceptors (Lipinski definition) is 8. The van der Waals surface area contributed by atoms with Crippen molar-refractivity contribution in [3.8, 4) is 11.3 Å². The van der Waals surface area contributed by atoms with Crippen LogP contribution in [0.4, 0.5) is 5.95 Å². The molecular formula is C37H35ClN6O4S. The number of aromatic nitrogens is 2. The minimum atomic E-state index is -4.24. The topological polar surface area (TPSA) is 125 Å². The molecule has 3 heterocycles. The third-order valence-electron chi connectivity index (χ3n) is 9.09. The van der Waals surface area contributed by atoms with Crippen LogP contribution < -0.4 is 14.9 Å². The van der Waals surface area contributed by atoms with Crippen molar-refractivity contribution in [3.63, 3.8) is 0 Å². The standard InChI is InChI=1S/C37H35ClN6O4S/c1-2-16-43-17-15-39-21-29-18-25-8-5-6-10-28(25)23-44(29)36(46)32-20-27(12-14-31(32)34-33(38)22-40-37(43)41-34)35(45)42-49(47,48)30-13-11-24-7-3-4-9-26(24)19-30/h3-14,19-20,22,29,39H,2,15-18,21,23H2,1H3,(H,42,45). The van der Waals surface area contributed by atoms with E-state index in [4.69, 9.17) is 16.6 Å². The van der Waals surface area contributed by atoms with Gasteiger partial charge in [0.05, 0.1) is 21.8 Å². The number of halogens is 1. The molecule has 4 aromatic carbocycles. The molecule has 2 bridgehead atoms. The second-order valence-electron chi connectivity index (χ2n) is 12.3. The van der Waals surface area contributed by atoms with Crippen molar-refractivity contribution in [2.24, 2.45) is 0 Å². The van der Waals surface area contributed by atoms with Crippen LogP contribution in [-0.2, 0) is 23.0 Å². The van der Waals surface area contributed by atoms with Gasteiger partial charge in [0, 0.05) is 55.5 Å². The van der Waals surface area contributed by atoms with Crippen molar-refractivity contribution in [2.45, 2.75) is 37.2 Å². The number of amides is 2. The molecule has 0 radical (unpaired) electrons. The Labute approximate surface area is 290 Å².